The zero-order valence-electron chi connectivity index (χ0n) is 6.86. The molecule has 0 radical (unpaired) electrons. The van der Waals surface area contributed by atoms with E-state index in [1.807, 2.05) is 29.8 Å². The molecule has 0 aliphatic carbocycles. The Bertz CT molecular complexity index is 406. The van der Waals surface area contributed by atoms with E-state index in [1.165, 1.54) is 0 Å². The highest BCUT2D eigenvalue weighted by atomic mass is 16.3. The molecule has 0 saturated carbocycles. The van der Waals surface area contributed by atoms with E-state index in [0.29, 0.717) is 0 Å². The largest absolute Gasteiger partial charge is 0.392 e. The first-order valence-electron chi connectivity index (χ1n) is 3.82. The quantitative estimate of drug-likeness (QED) is 0.681. The van der Waals surface area contributed by atoms with Crippen LogP contribution in [0.2, 0.25) is 0 Å². The molecular weight excluding hydrogens is 152 g/mol. The fourth-order valence-electron chi connectivity index (χ4n) is 1.42. The standard InChI is InChI=1S/C9H10N2O/c1-11-6-10-8-4-2-3-7(5-12)9(8)11/h2-4,6,12H,5H2,1H3. The lowest BCUT2D eigenvalue weighted by Crippen LogP contribution is -1.90. The summed E-state index contributed by atoms with van der Waals surface area (Å²) in [6.45, 7) is 0.0663. The Morgan fingerprint density at radius 1 is 1.50 bits per heavy atom. The van der Waals surface area contributed by atoms with E-state index >= 15 is 0 Å². The lowest BCUT2D eigenvalue weighted by atomic mass is 10.2. The first kappa shape index (κ1) is 7.31. The number of aliphatic hydroxyl groups excluding tert-OH is 1. The highest BCUT2D eigenvalue weighted by Crippen LogP contribution is 2.16. The fourth-order valence-corrected chi connectivity index (χ4v) is 1.42. The first-order chi connectivity index (χ1) is 5.83. The molecule has 0 saturated heterocycles. The predicted octanol–water partition coefficient (Wildman–Crippen LogP) is 1.07. The number of hydrogen-bond acceptors (Lipinski definition) is 2. The third kappa shape index (κ3) is 0.905. The van der Waals surface area contributed by atoms with Crippen LogP contribution in [0.5, 0.6) is 0 Å². The summed E-state index contributed by atoms with van der Waals surface area (Å²) in [7, 11) is 1.93. The number of rotatable bonds is 1. The van der Waals surface area contributed by atoms with Crippen molar-refractivity contribution in [2.45, 2.75) is 6.61 Å². The third-order valence-electron chi connectivity index (χ3n) is 1.99. The molecule has 3 nitrogen and oxygen atoms in total. The molecular formula is C9H10N2O. The van der Waals surface area contributed by atoms with Gasteiger partial charge in [-0.3, -0.25) is 0 Å². The first-order valence-corrected chi connectivity index (χ1v) is 3.82. The van der Waals surface area contributed by atoms with Gasteiger partial charge in [0.2, 0.25) is 0 Å². The van der Waals surface area contributed by atoms with Gasteiger partial charge < -0.3 is 9.67 Å². The van der Waals surface area contributed by atoms with E-state index in [9.17, 15) is 0 Å². The van der Waals surface area contributed by atoms with Gasteiger partial charge >= 0.3 is 0 Å². The number of aliphatic hydroxyl groups is 1. The van der Waals surface area contributed by atoms with Crippen molar-refractivity contribution in [3.05, 3.63) is 30.1 Å². The summed E-state index contributed by atoms with van der Waals surface area (Å²) in [5, 5.41) is 9.04. The van der Waals surface area contributed by atoms with Crippen molar-refractivity contribution in [1.29, 1.82) is 0 Å². The van der Waals surface area contributed by atoms with E-state index in [2.05, 4.69) is 4.98 Å². The normalized spacial score (nSPS) is 10.8. The van der Waals surface area contributed by atoms with Gasteiger partial charge in [-0.05, 0) is 6.07 Å². The topological polar surface area (TPSA) is 38.0 Å². The molecule has 0 aliphatic rings. The maximum atomic E-state index is 9.04. The minimum absolute atomic E-state index is 0.0663. The van der Waals surface area contributed by atoms with Crippen LogP contribution in [0.1, 0.15) is 5.56 Å². The molecule has 0 bridgehead atoms. The Hall–Kier alpha value is -1.35. The minimum atomic E-state index is 0.0663. The smallest absolute Gasteiger partial charge is 0.0955 e. The van der Waals surface area contributed by atoms with Crippen LogP contribution >= 0.6 is 0 Å². The molecule has 0 atom stereocenters. The zero-order chi connectivity index (χ0) is 8.55. The number of para-hydroxylation sites is 1. The van der Waals surface area contributed by atoms with Crippen molar-refractivity contribution in [1.82, 2.24) is 9.55 Å². The summed E-state index contributed by atoms with van der Waals surface area (Å²) in [5.74, 6) is 0. The lowest BCUT2D eigenvalue weighted by Gasteiger charge is -2.00. The van der Waals surface area contributed by atoms with Gasteiger partial charge in [0.25, 0.3) is 0 Å². The Kier molecular flexibility index (Phi) is 1.59. The molecule has 1 heterocycles. The molecule has 1 aromatic heterocycles. The molecule has 1 aromatic carbocycles. The minimum Gasteiger partial charge on any atom is -0.392 e. The number of nitrogens with zero attached hydrogens (tertiary/aromatic N) is 2. The van der Waals surface area contributed by atoms with Gasteiger partial charge in [0.05, 0.1) is 24.0 Å². The van der Waals surface area contributed by atoms with Gasteiger partial charge in [-0.2, -0.15) is 0 Å². The van der Waals surface area contributed by atoms with Crippen molar-refractivity contribution in [2.24, 2.45) is 7.05 Å². The van der Waals surface area contributed by atoms with Crippen molar-refractivity contribution < 1.29 is 5.11 Å². The molecule has 0 fully saturated rings. The molecule has 0 spiro atoms. The average molecular weight is 162 g/mol. The van der Waals surface area contributed by atoms with Crippen LogP contribution in [0, 0.1) is 0 Å². The predicted molar refractivity (Wildman–Crippen MR) is 46.6 cm³/mol. The number of aryl methyl sites for hydroxylation is 1. The summed E-state index contributed by atoms with van der Waals surface area (Å²) in [6.07, 6.45) is 1.75. The molecule has 62 valence electrons. The van der Waals surface area contributed by atoms with Gasteiger partial charge in [0, 0.05) is 12.6 Å². The zero-order valence-corrected chi connectivity index (χ0v) is 6.86. The molecule has 3 heteroatoms. The number of aromatic nitrogens is 2. The van der Waals surface area contributed by atoms with Gasteiger partial charge in [-0.25, -0.2) is 4.98 Å². The monoisotopic (exact) mass is 162 g/mol. The second kappa shape index (κ2) is 2.60. The molecule has 0 unspecified atom stereocenters. The Balaban J connectivity index is 2.84. The van der Waals surface area contributed by atoms with E-state index < -0.39 is 0 Å². The van der Waals surface area contributed by atoms with E-state index in [4.69, 9.17) is 5.11 Å². The van der Waals surface area contributed by atoms with Crippen LogP contribution in [-0.2, 0) is 13.7 Å². The molecule has 1 N–H and O–H groups in total. The van der Waals surface area contributed by atoms with Crippen LogP contribution < -0.4 is 0 Å². The Labute approximate surface area is 70.3 Å². The van der Waals surface area contributed by atoms with Crippen molar-refractivity contribution in [3.63, 3.8) is 0 Å². The molecule has 2 aromatic rings. The second-order valence-electron chi connectivity index (χ2n) is 2.80. The number of fused-ring (bicyclic) bond motifs is 1. The van der Waals surface area contributed by atoms with Gasteiger partial charge in [-0.15, -0.1) is 0 Å². The molecule has 12 heavy (non-hydrogen) atoms. The van der Waals surface area contributed by atoms with Crippen molar-refractivity contribution in [2.75, 3.05) is 0 Å². The van der Waals surface area contributed by atoms with E-state index in [0.717, 1.165) is 16.6 Å². The fraction of sp³-hybridized carbons (Fsp3) is 0.222. The van der Waals surface area contributed by atoms with E-state index in [1.54, 1.807) is 6.33 Å². The number of imidazole rings is 1. The number of hydrogen-bond donors (Lipinski definition) is 1. The van der Waals surface area contributed by atoms with Crippen LogP contribution in [-0.4, -0.2) is 14.7 Å². The maximum absolute atomic E-state index is 9.04. The molecule has 0 amide bonds. The highest BCUT2D eigenvalue weighted by molar-refractivity contribution is 5.78. The summed E-state index contributed by atoms with van der Waals surface area (Å²) in [4.78, 5) is 4.18. The average Bonchev–Trinajstić information content (AvgIpc) is 2.48. The highest BCUT2D eigenvalue weighted by Gasteiger charge is 2.03. The van der Waals surface area contributed by atoms with Gasteiger partial charge in [0.15, 0.2) is 0 Å². The Morgan fingerprint density at radius 3 is 3.08 bits per heavy atom. The summed E-state index contributed by atoms with van der Waals surface area (Å²) in [6, 6.07) is 5.75. The lowest BCUT2D eigenvalue weighted by molar-refractivity contribution is 0.283. The Morgan fingerprint density at radius 2 is 2.33 bits per heavy atom. The van der Waals surface area contributed by atoms with Gasteiger partial charge in [0.1, 0.15) is 0 Å². The summed E-state index contributed by atoms with van der Waals surface area (Å²) >= 11 is 0. The maximum Gasteiger partial charge on any atom is 0.0955 e. The van der Waals surface area contributed by atoms with Crippen molar-refractivity contribution in [3.8, 4) is 0 Å². The molecule has 2 rings (SSSR count). The van der Waals surface area contributed by atoms with Gasteiger partial charge in [-0.1, -0.05) is 12.1 Å². The van der Waals surface area contributed by atoms with Crippen LogP contribution in [0.15, 0.2) is 24.5 Å². The third-order valence-corrected chi connectivity index (χ3v) is 1.99. The van der Waals surface area contributed by atoms with Crippen LogP contribution in [0.25, 0.3) is 11.0 Å². The van der Waals surface area contributed by atoms with Crippen LogP contribution in [0.3, 0.4) is 0 Å². The number of benzene rings is 1. The van der Waals surface area contributed by atoms with Crippen molar-refractivity contribution >= 4 is 11.0 Å². The summed E-state index contributed by atoms with van der Waals surface area (Å²) < 4.78 is 1.92. The van der Waals surface area contributed by atoms with E-state index in [-0.39, 0.29) is 6.61 Å². The summed E-state index contributed by atoms with van der Waals surface area (Å²) in [5.41, 5.74) is 2.87. The van der Waals surface area contributed by atoms with Crippen LogP contribution in [0.4, 0.5) is 0 Å². The molecule has 0 aliphatic heterocycles. The SMILES string of the molecule is Cn1cnc2cccc(CO)c21. The second-order valence-corrected chi connectivity index (χ2v) is 2.80.